The summed E-state index contributed by atoms with van der Waals surface area (Å²) < 4.78 is 5.35. The van der Waals surface area contributed by atoms with Gasteiger partial charge in [0.25, 0.3) is 0 Å². The third kappa shape index (κ3) is 9.02. The first-order valence-electron chi connectivity index (χ1n) is 12.4. The van der Waals surface area contributed by atoms with Crippen LogP contribution in [0.5, 0.6) is 5.75 Å². The molecule has 2 unspecified atom stereocenters. The van der Waals surface area contributed by atoms with Crippen molar-refractivity contribution < 1.29 is 34.8 Å². The average Bonchev–Trinajstić information content (AvgIpc) is 2.88. The summed E-state index contributed by atoms with van der Waals surface area (Å²) in [5, 5.41) is 36.6. The van der Waals surface area contributed by atoms with E-state index in [1.165, 1.54) is 32.1 Å². The SMILES string of the molecule is CCCCCCCN1CCN(CC(O)c2ccnc3ccc(OC)cc23)CC1CO.O=C(O)C(=O)O. The summed E-state index contributed by atoms with van der Waals surface area (Å²) in [4.78, 5) is 27.3. The number of benzene rings is 1. The van der Waals surface area contributed by atoms with Crippen molar-refractivity contribution in [1.29, 1.82) is 0 Å². The number of hydrogen-bond donors (Lipinski definition) is 4. The molecule has 0 bridgehead atoms. The number of aliphatic hydroxyl groups is 2. The number of piperazine rings is 1. The molecule has 2 heterocycles. The van der Waals surface area contributed by atoms with Crippen LogP contribution < -0.4 is 4.74 Å². The van der Waals surface area contributed by atoms with Crippen molar-refractivity contribution in [3.8, 4) is 5.75 Å². The number of carboxylic acids is 2. The molecule has 0 amide bonds. The first-order chi connectivity index (χ1) is 17.3. The second-order valence-corrected chi connectivity index (χ2v) is 8.96. The van der Waals surface area contributed by atoms with Crippen molar-refractivity contribution >= 4 is 22.8 Å². The van der Waals surface area contributed by atoms with Gasteiger partial charge in [-0.15, -0.1) is 0 Å². The maximum absolute atomic E-state index is 11.0. The van der Waals surface area contributed by atoms with E-state index in [4.69, 9.17) is 24.5 Å². The van der Waals surface area contributed by atoms with Crippen LogP contribution in [0.4, 0.5) is 0 Å². The number of ether oxygens (including phenoxy) is 1. The molecule has 0 saturated carbocycles. The number of carbonyl (C=O) groups is 2. The van der Waals surface area contributed by atoms with Gasteiger partial charge in [-0.2, -0.15) is 0 Å². The Hall–Kier alpha value is -2.79. The Balaban J connectivity index is 0.000000678. The molecule has 1 fully saturated rings. The van der Waals surface area contributed by atoms with Gasteiger partial charge in [-0.1, -0.05) is 32.6 Å². The number of fused-ring (bicyclic) bond motifs is 1. The van der Waals surface area contributed by atoms with E-state index in [9.17, 15) is 10.2 Å². The van der Waals surface area contributed by atoms with E-state index in [1.807, 2.05) is 24.3 Å². The van der Waals surface area contributed by atoms with E-state index < -0.39 is 18.0 Å². The topological polar surface area (TPSA) is 144 Å². The van der Waals surface area contributed by atoms with E-state index >= 15 is 0 Å². The molecule has 1 aliphatic heterocycles. The van der Waals surface area contributed by atoms with Gasteiger partial charge in [0, 0.05) is 43.8 Å². The maximum Gasteiger partial charge on any atom is 0.414 e. The van der Waals surface area contributed by atoms with Crippen LogP contribution in [0.1, 0.15) is 50.7 Å². The van der Waals surface area contributed by atoms with Gasteiger partial charge in [0.05, 0.1) is 25.3 Å². The molecular weight excluding hydrogens is 466 g/mol. The van der Waals surface area contributed by atoms with Crippen molar-refractivity contribution in [3.63, 3.8) is 0 Å². The van der Waals surface area contributed by atoms with Crippen LogP contribution in [-0.4, -0.2) is 99.6 Å². The van der Waals surface area contributed by atoms with Gasteiger partial charge in [0.2, 0.25) is 0 Å². The van der Waals surface area contributed by atoms with Crippen molar-refractivity contribution in [2.45, 2.75) is 51.2 Å². The Morgan fingerprint density at radius 3 is 2.47 bits per heavy atom. The number of aromatic nitrogens is 1. The molecule has 0 aliphatic carbocycles. The molecule has 36 heavy (non-hydrogen) atoms. The molecule has 4 N–H and O–H groups in total. The van der Waals surface area contributed by atoms with Crippen LogP contribution in [0.2, 0.25) is 0 Å². The summed E-state index contributed by atoms with van der Waals surface area (Å²) >= 11 is 0. The zero-order valence-electron chi connectivity index (χ0n) is 21.2. The van der Waals surface area contributed by atoms with Gasteiger partial charge in [-0.3, -0.25) is 14.8 Å². The van der Waals surface area contributed by atoms with Crippen LogP contribution in [-0.2, 0) is 9.59 Å². The lowest BCUT2D eigenvalue weighted by molar-refractivity contribution is -0.159. The van der Waals surface area contributed by atoms with Crippen molar-refractivity contribution in [2.75, 3.05) is 46.4 Å². The number of aliphatic hydroxyl groups excluding tert-OH is 2. The minimum atomic E-state index is -1.82. The molecule has 3 rings (SSSR count). The zero-order chi connectivity index (χ0) is 26.5. The lowest BCUT2D eigenvalue weighted by atomic mass is 10.0. The van der Waals surface area contributed by atoms with E-state index in [1.54, 1.807) is 13.3 Å². The average molecular weight is 506 g/mol. The van der Waals surface area contributed by atoms with E-state index in [0.29, 0.717) is 6.54 Å². The van der Waals surface area contributed by atoms with Gasteiger partial charge < -0.3 is 25.2 Å². The van der Waals surface area contributed by atoms with Crippen molar-refractivity contribution in [2.24, 2.45) is 0 Å². The van der Waals surface area contributed by atoms with E-state index in [0.717, 1.165) is 48.4 Å². The van der Waals surface area contributed by atoms with Gasteiger partial charge in [0.15, 0.2) is 0 Å². The number of β-amino-alcohol motifs (C(OH)–C–C–N with tert-alkyl or cyclic N) is 1. The second-order valence-electron chi connectivity index (χ2n) is 8.96. The van der Waals surface area contributed by atoms with Crippen LogP contribution in [0.15, 0.2) is 30.5 Å². The molecule has 0 spiro atoms. The number of rotatable bonds is 11. The highest BCUT2D eigenvalue weighted by Gasteiger charge is 2.27. The molecule has 1 saturated heterocycles. The summed E-state index contributed by atoms with van der Waals surface area (Å²) in [6.07, 6.45) is 7.48. The van der Waals surface area contributed by atoms with Gasteiger partial charge >= 0.3 is 11.9 Å². The summed E-state index contributed by atoms with van der Waals surface area (Å²) in [5.41, 5.74) is 1.73. The smallest absolute Gasteiger partial charge is 0.414 e. The predicted molar refractivity (Wildman–Crippen MR) is 136 cm³/mol. The van der Waals surface area contributed by atoms with Gasteiger partial charge in [-0.05, 0) is 42.8 Å². The molecule has 10 nitrogen and oxygen atoms in total. The number of methoxy groups -OCH3 is 1. The van der Waals surface area contributed by atoms with Gasteiger partial charge in [0.1, 0.15) is 5.75 Å². The minimum absolute atomic E-state index is 0.145. The van der Waals surface area contributed by atoms with Crippen LogP contribution in [0.3, 0.4) is 0 Å². The maximum atomic E-state index is 11.0. The molecule has 200 valence electrons. The first kappa shape index (κ1) is 29.4. The molecule has 1 aromatic carbocycles. The Labute approximate surface area is 212 Å². The standard InChI is InChI=1S/C24H37N3O3.C2H2O4/c1-3-4-5-6-7-12-27-14-13-26(16-19(27)18-28)17-24(29)21-10-11-25-23-9-8-20(30-2)15-22(21)23;3-1(4)2(5)6/h8-11,15,19,24,28-29H,3-7,12-14,16-18H2,1-2H3;(H,3,4)(H,5,6). The van der Waals surface area contributed by atoms with Crippen LogP contribution in [0, 0.1) is 0 Å². The molecular formula is C26H39N3O7. The predicted octanol–water partition coefficient (Wildman–Crippen LogP) is 2.38. The number of unbranched alkanes of at least 4 members (excludes halogenated alkanes) is 4. The quantitative estimate of drug-likeness (QED) is 0.265. The molecule has 1 aromatic heterocycles. The summed E-state index contributed by atoms with van der Waals surface area (Å²) in [6, 6.07) is 7.78. The molecule has 0 radical (unpaired) electrons. The highest BCUT2D eigenvalue weighted by atomic mass is 16.5. The highest BCUT2D eigenvalue weighted by molar-refractivity contribution is 6.27. The lowest BCUT2D eigenvalue weighted by Gasteiger charge is -2.41. The highest BCUT2D eigenvalue weighted by Crippen LogP contribution is 2.27. The first-order valence-corrected chi connectivity index (χ1v) is 12.4. The minimum Gasteiger partial charge on any atom is -0.497 e. The fraction of sp³-hybridized carbons (Fsp3) is 0.577. The fourth-order valence-corrected chi connectivity index (χ4v) is 4.42. The van der Waals surface area contributed by atoms with Crippen LogP contribution in [0.25, 0.3) is 10.9 Å². The molecule has 1 aliphatic rings. The summed E-state index contributed by atoms with van der Waals surface area (Å²) in [5.74, 6) is -2.89. The third-order valence-corrected chi connectivity index (χ3v) is 6.40. The third-order valence-electron chi connectivity index (χ3n) is 6.40. The number of nitrogens with zero attached hydrogens (tertiary/aromatic N) is 3. The van der Waals surface area contributed by atoms with Crippen molar-refractivity contribution in [3.05, 3.63) is 36.0 Å². The largest absolute Gasteiger partial charge is 0.497 e. The number of pyridine rings is 1. The normalized spacial score (nSPS) is 17.3. The lowest BCUT2D eigenvalue weighted by Crippen LogP contribution is -2.55. The molecule has 10 heteroatoms. The van der Waals surface area contributed by atoms with Crippen molar-refractivity contribution in [1.82, 2.24) is 14.8 Å². The number of hydrogen-bond acceptors (Lipinski definition) is 8. The monoisotopic (exact) mass is 505 g/mol. The van der Waals surface area contributed by atoms with Gasteiger partial charge in [-0.25, -0.2) is 9.59 Å². The Kier molecular flexibility index (Phi) is 12.6. The Morgan fingerprint density at radius 2 is 1.83 bits per heavy atom. The number of carboxylic acid groups (broad SMARTS) is 2. The molecule has 2 aromatic rings. The summed E-state index contributed by atoms with van der Waals surface area (Å²) in [6.45, 7) is 6.65. The van der Waals surface area contributed by atoms with Crippen LogP contribution >= 0.6 is 0 Å². The zero-order valence-corrected chi connectivity index (χ0v) is 21.2. The fourth-order valence-electron chi connectivity index (χ4n) is 4.42. The molecule has 2 atom stereocenters. The Morgan fingerprint density at radius 1 is 1.11 bits per heavy atom. The Bertz CT molecular complexity index is 960. The summed E-state index contributed by atoms with van der Waals surface area (Å²) in [7, 11) is 1.64. The van der Waals surface area contributed by atoms with E-state index in [-0.39, 0.29) is 12.6 Å². The second kappa shape index (κ2) is 15.4. The number of aliphatic carboxylic acids is 2. The van der Waals surface area contributed by atoms with E-state index in [2.05, 4.69) is 21.7 Å².